The van der Waals surface area contributed by atoms with Crippen molar-refractivity contribution in [3.8, 4) is 0 Å². The summed E-state index contributed by atoms with van der Waals surface area (Å²) >= 11 is 1.84. The van der Waals surface area contributed by atoms with Crippen LogP contribution in [0.4, 0.5) is 0 Å². The minimum Gasteiger partial charge on any atom is -0.336 e. The van der Waals surface area contributed by atoms with E-state index in [0.29, 0.717) is 18.0 Å². The first-order chi connectivity index (χ1) is 6.20. The predicted octanol–water partition coefficient (Wildman–Crippen LogP) is 1.89. The second kappa shape index (κ2) is 3.52. The SMILES string of the molecule is CC1CC(C)N1C(=O)C1CCCS1. The molecule has 1 amide bonds. The molecule has 2 nitrogen and oxygen atoms in total. The first-order valence-electron chi connectivity index (χ1n) is 5.14. The Bertz CT molecular complexity index is 205. The number of hydrogen-bond acceptors (Lipinski definition) is 2. The summed E-state index contributed by atoms with van der Waals surface area (Å²) in [5, 5.41) is 0.283. The molecule has 2 aliphatic heterocycles. The lowest BCUT2D eigenvalue weighted by atomic mass is 9.95. The van der Waals surface area contributed by atoms with Gasteiger partial charge in [-0.25, -0.2) is 0 Å². The van der Waals surface area contributed by atoms with E-state index in [-0.39, 0.29) is 5.25 Å². The average molecular weight is 199 g/mol. The number of likely N-dealkylation sites (tertiary alicyclic amines) is 1. The first kappa shape index (κ1) is 9.38. The van der Waals surface area contributed by atoms with Crippen LogP contribution in [0, 0.1) is 0 Å². The summed E-state index contributed by atoms with van der Waals surface area (Å²) in [5.74, 6) is 1.57. The predicted molar refractivity (Wildman–Crippen MR) is 55.9 cm³/mol. The van der Waals surface area contributed by atoms with Crippen LogP contribution in [-0.2, 0) is 4.79 Å². The van der Waals surface area contributed by atoms with Gasteiger partial charge in [-0.05, 0) is 38.9 Å². The highest BCUT2D eigenvalue weighted by Crippen LogP contribution is 2.33. The number of rotatable bonds is 1. The summed E-state index contributed by atoms with van der Waals surface area (Å²) < 4.78 is 0. The molecule has 0 aliphatic carbocycles. The Morgan fingerprint density at radius 2 is 2.08 bits per heavy atom. The molecule has 0 saturated carbocycles. The first-order valence-corrected chi connectivity index (χ1v) is 6.19. The van der Waals surface area contributed by atoms with E-state index in [9.17, 15) is 4.79 Å². The van der Waals surface area contributed by atoms with Crippen LogP contribution in [0.25, 0.3) is 0 Å². The van der Waals surface area contributed by atoms with Gasteiger partial charge in [0.25, 0.3) is 0 Å². The van der Waals surface area contributed by atoms with Gasteiger partial charge in [0, 0.05) is 12.1 Å². The van der Waals surface area contributed by atoms with Gasteiger partial charge in [-0.2, -0.15) is 0 Å². The van der Waals surface area contributed by atoms with E-state index in [2.05, 4.69) is 18.7 Å². The maximum atomic E-state index is 12.0. The lowest BCUT2D eigenvalue weighted by Gasteiger charge is -2.46. The smallest absolute Gasteiger partial charge is 0.236 e. The quantitative estimate of drug-likeness (QED) is 0.643. The number of nitrogens with zero attached hydrogens (tertiary/aromatic N) is 1. The topological polar surface area (TPSA) is 20.3 Å². The third kappa shape index (κ3) is 1.58. The van der Waals surface area contributed by atoms with Gasteiger partial charge in [-0.15, -0.1) is 11.8 Å². The normalized spacial score (nSPS) is 38.9. The largest absolute Gasteiger partial charge is 0.336 e. The fourth-order valence-electron chi connectivity index (χ4n) is 2.39. The molecule has 2 heterocycles. The minimum atomic E-state index is 0.283. The monoisotopic (exact) mass is 199 g/mol. The van der Waals surface area contributed by atoms with E-state index in [4.69, 9.17) is 0 Å². The van der Waals surface area contributed by atoms with Crippen molar-refractivity contribution in [1.82, 2.24) is 4.90 Å². The number of thioether (sulfide) groups is 1. The third-order valence-electron chi connectivity index (χ3n) is 3.09. The Balaban J connectivity index is 1.95. The van der Waals surface area contributed by atoms with Crippen molar-refractivity contribution >= 4 is 17.7 Å². The molecule has 74 valence electrons. The van der Waals surface area contributed by atoms with E-state index in [1.807, 2.05) is 11.8 Å². The van der Waals surface area contributed by atoms with Gasteiger partial charge in [0.2, 0.25) is 5.91 Å². The fraction of sp³-hybridized carbons (Fsp3) is 0.900. The number of carbonyl (C=O) groups excluding carboxylic acids is 1. The number of amides is 1. The molecule has 0 aromatic heterocycles. The van der Waals surface area contributed by atoms with Gasteiger partial charge >= 0.3 is 0 Å². The molecule has 0 bridgehead atoms. The zero-order valence-corrected chi connectivity index (χ0v) is 9.14. The lowest BCUT2D eigenvalue weighted by molar-refractivity contribution is -0.142. The standard InChI is InChI=1S/C10H17NOS/c1-7-6-8(2)11(7)10(12)9-4-3-5-13-9/h7-9H,3-6H2,1-2H3. The molecule has 0 aromatic rings. The van der Waals surface area contributed by atoms with Crippen molar-refractivity contribution in [2.75, 3.05) is 5.75 Å². The lowest BCUT2D eigenvalue weighted by Crippen LogP contribution is -2.57. The van der Waals surface area contributed by atoms with Crippen LogP contribution in [0.2, 0.25) is 0 Å². The molecule has 0 spiro atoms. The Morgan fingerprint density at radius 3 is 2.54 bits per heavy atom. The molecule has 0 aromatic carbocycles. The molecule has 13 heavy (non-hydrogen) atoms. The van der Waals surface area contributed by atoms with Crippen LogP contribution < -0.4 is 0 Å². The van der Waals surface area contributed by atoms with Crippen molar-refractivity contribution < 1.29 is 4.79 Å². The molecule has 2 aliphatic rings. The second-order valence-electron chi connectivity index (χ2n) is 4.18. The summed E-state index contributed by atoms with van der Waals surface area (Å²) in [6.07, 6.45) is 3.50. The van der Waals surface area contributed by atoms with Crippen molar-refractivity contribution in [2.45, 2.75) is 50.4 Å². The summed E-state index contributed by atoms with van der Waals surface area (Å²) in [4.78, 5) is 14.0. The highest BCUT2D eigenvalue weighted by molar-refractivity contribution is 8.00. The molecule has 0 N–H and O–H groups in total. The van der Waals surface area contributed by atoms with Gasteiger partial charge in [0.05, 0.1) is 5.25 Å². The Morgan fingerprint density at radius 1 is 1.38 bits per heavy atom. The van der Waals surface area contributed by atoms with E-state index >= 15 is 0 Å². The third-order valence-corrected chi connectivity index (χ3v) is 4.46. The average Bonchev–Trinajstić information content (AvgIpc) is 2.55. The van der Waals surface area contributed by atoms with Crippen molar-refractivity contribution in [2.24, 2.45) is 0 Å². The van der Waals surface area contributed by atoms with Gasteiger partial charge in [0.15, 0.2) is 0 Å². The van der Waals surface area contributed by atoms with Crippen LogP contribution in [0.1, 0.15) is 33.1 Å². The maximum absolute atomic E-state index is 12.0. The van der Waals surface area contributed by atoms with Crippen molar-refractivity contribution in [1.29, 1.82) is 0 Å². The van der Waals surface area contributed by atoms with Gasteiger partial charge in [-0.1, -0.05) is 0 Å². The maximum Gasteiger partial charge on any atom is 0.236 e. The molecule has 2 fully saturated rings. The highest BCUT2D eigenvalue weighted by atomic mass is 32.2. The molecular weight excluding hydrogens is 182 g/mol. The summed E-state index contributed by atoms with van der Waals surface area (Å²) in [6, 6.07) is 0.979. The molecule has 3 heteroatoms. The fourth-order valence-corrected chi connectivity index (χ4v) is 3.61. The zero-order chi connectivity index (χ0) is 9.42. The highest BCUT2D eigenvalue weighted by Gasteiger charge is 2.39. The molecule has 0 radical (unpaired) electrons. The molecule has 2 saturated heterocycles. The van der Waals surface area contributed by atoms with Crippen LogP contribution in [-0.4, -0.2) is 33.9 Å². The minimum absolute atomic E-state index is 0.283. The van der Waals surface area contributed by atoms with Crippen LogP contribution in [0.3, 0.4) is 0 Å². The van der Waals surface area contributed by atoms with E-state index < -0.39 is 0 Å². The summed E-state index contributed by atoms with van der Waals surface area (Å²) in [6.45, 7) is 4.30. The van der Waals surface area contributed by atoms with Crippen LogP contribution >= 0.6 is 11.8 Å². The molecule has 3 atom stereocenters. The summed E-state index contributed by atoms with van der Waals surface area (Å²) in [5.41, 5.74) is 0. The number of hydrogen-bond donors (Lipinski definition) is 0. The molecule has 3 unspecified atom stereocenters. The van der Waals surface area contributed by atoms with Crippen LogP contribution in [0.15, 0.2) is 0 Å². The van der Waals surface area contributed by atoms with E-state index in [1.54, 1.807) is 0 Å². The number of carbonyl (C=O) groups is 1. The molecular formula is C10H17NOS. The van der Waals surface area contributed by atoms with Gasteiger partial charge in [-0.3, -0.25) is 4.79 Å². The van der Waals surface area contributed by atoms with E-state index in [1.165, 1.54) is 18.6 Å². The van der Waals surface area contributed by atoms with Crippen molar-refractivity contribution in [3.05, 3.63) is 0 Å². The Labute approximate surface area is 84.1 Å². The van der Waals surface area contributed by atoms with E-state index in [0.717, 1.165) is 6.42 Å². The summed E-state index contributed by atoms with van der Waals surface area (Å²) in [7, 11) is 0. The van der Waals surface area contributed by atoms with Crippen molar-refractivity contribution in [3.63, 3.8) is 0 Å². The molecule has 2 rings (SSSR count). The van der Waals surface area contributed by atoms with Crippen LogP contribution in [0.5, 0.6) is 0 Å². The second-order valence-corrected chi connectivity index (χ2v) is 5.49. The Kier molecular flexibility index (Phi) is 2.54. The Hall–Kier alpha value is -0.180. The van der Waals surface area contributed by atoms with Gasteiger partial charge in [0.1, 0.15) is 0 Å². The van der Waals surface area contributed by atoms with Gasteiger partial charge < -0.3 is 4.90 Å². The zero-order valence-electron chi connectivity index (χ0n) is 8.32.